The molecule has 0 atom stereocenters. The van der Waals surface area contributed by atoms with Crippen LogP contribution < -0.4 is 5.32 Å². The predicted molar refractivity (Wildman–Crippen MR) is 110 cm³/mol. The number of carboxylic acid groups (broad SMARTS) is 3. The van der Waals surface area contributed by atoms with Crippen molar-refractivity contribution in [3.8, 4) is 5.75 Å². The SMILES string of the molecule is CCN(CC)CCNC(=O)c1cc(Cl)ccc1O.O=C(O)CC(O)(CC(=O)O)C(=O)O. The maximum Gasteiger partial charge on any atom is 0.336 e. The summed E-state index contributed by atoms with van der Waals surface area (Å²) >= 11 is 5.79. The summed E-state index contributed by atoms with van der Waals surface area (Å²) in [5.74, 6) is -5.38. The van der Waals surface area contributed by atoms with Crippen molar-refractivity contribution in [3.05, 3.63) is 28.8 Å². The van der Waals surface area contributed by atoms with Crippen LogP contribution >= 0.6 is 11.6 Å². The number of phenols is 1. The second-order valence-corrected chi connectivity index (χ2v) is 6.86. The lowest BCUT2D eigenvalue weighted by molar-refractivity contribution is -0.170. The molecule has 0 bridgehead atoms. The van der Waals surface area contributed by atoms with E-state index in [1.807, 2.05) is 0 Å². The molecule has 0 heterocycles. The van der Waals surface area contributed by atoms with Crippen LogP contribution in [0, 0.1) is 0 Å². The average Bonchev–Trinajstić information content (AvgIpc) is 2.66. The normalized spacial score (nSPS) is 10.7. The minimum Gasteiger partial charge on any atom is -0.507 e. The van der Waals surface area contributed by atoms with Crippen molar-refractivity contribution >= 4 is 35.4 Å². The molecule has 0 aliphatic rings. The predicted octanol–water partition coefficient (Wildman–Crippen LogP) is 0.869. The monoisotopic (exact) mass is 462 g/mol. The molecule has 6 N–H and O–H groups in total. The standard InChI is InChI=1S/C13H19ClN2O2.C6H8O7/c1-3-16(4-2)8-7-15-13(18)11-9-10(14)5-6-12(11)17;7-3(8)1-6(13,5(11)12)2-4(9)10/h5-6,9,17H,3-4,7-8H2,1-2H3,(H,15,18);13H,1-2H2,(H,7,8)(H,9,10)(H,11,12). The van der Waals surface area contributed by atoms with Crippen molar-refractivity contribution in [1.29, 1.82) is 0 Å². The number of hydrogen-bond donors (Lipinski definition) is 6. The number of aliphatic hydroxyl groups is 1. The Bertz CT molecular complexity index is 766. The van der Waals surface area contributed by atoms with E-state index in [-0.39, 0.29) is 17.2 Å². The summed E-state index contributed by atoms with van der Waals surface area (Å²) in [5.41, 5.74) is -2.53. The first-order valence-corrected chi connectivity index (χ1v) is 9.62. The zero-order valence-electron chi connectivity index (χ0n) is 17.2. The smallest absolute Gasteiger partial charge is 0.336 e. The molecule has 0 aliphatic heterocycles. The molecular formula is C19H27ClN2O9. The summed E-state index contributed by atoms with van der Waals surface area (Å²) in [6.07, 6.45) is -2.29. The van der Waals surface area contributed by atoms with Gasteiger partial charge in [0.25, 0.3) is 5.91 Å². The van der Waals surface area contributed by atoms with E-state index in [1.54, 1.807) is 6.07 Å². The van der Waals surface area contributed by atoms with Crippen LogP contribution in [0.5, 0.6) is 5.75 Å². The summed E-state index contributed by atoms with van der Waals surface area (Å²) in [5, 5.41) is 46.6. The minimum absolute atomic E-state index is 0.0558. The Morgan fingerprint density at radius 3 is 1.97 bits per heavy atom. The number of benzene rings is 1. The molecule has 0 fully saturated rings. The van der Waals surface area contributed by atoms with E-state index >= 15 is 0 Å². The van der Waals surface area contributed by atoms with Gasteiger partial charge in [-0.05, 0) is 31.3 Å². The van der Waals surface area contributed by atoms with Gasteiger partial charge in [-0.3, -0.25) is 14.4 Å². The van der Waals surface area contributed by atoms with Crippen molar-refractivity contribution in [3.63, 3.8) is 0 Å². The van der Waals surface area contributed by atoms with Gasteiger partial charge in [-0.15, -0.1) is 0 Å². The lowest BCUT2D eigenvalue weighted by Crippen LogP contribution is -2.42. The van der Waals surface area contributed by atoms with Crippen LogP contribution in [0.3, 0.4) is 0 Å². The number of hydrogen-bond acceptors (Lipinski definition) is 7. The zero-order valence-corrected chi connectivity index (χ0v) is 17.9. The molecule has 0 saturated carbocycles. The van der Waals surface area contributed by atoms with E-state index in [0.717, 1.165) is 19.6 Å². The summed E-state index contributed by atoms with van der Waals surface area (Å²) in [6.45, 7) is 7.40. The van der Waals surface area contributed by atoms with Crippen LogP contribution in [0.2, 0.25) is 5.02 Å². The van der Waals surface area contributed by atoms with Gasteiger partial charge in [0.1, 0.15) is 5.75 Å². The van der Waals surface area contributed by atoms with Gasteiger partial charge < -0.3 is 35.7 Å². The maximum absolute atomic E-state index is 11.8. The topological polar surface area (TPSA) is 185 Å². The lowest BCUT2D eigenvalue weighted by Gasteiger charge is -2.18. The Hall–Kier alpha value is -2.89. The second kappa shape index (κ2) is 13.4. The highest BCUT2D eigenvalue weighted by Gasteiger charge is 2.40. The van der Waals surface area contributed by atoms with E-state index in [1.165, 1.54) is 12.1 Å². The number of amides is 1. The van der Waals surface area contributed by atoms with Crippen molar-refractivity contribution in [2.24, 2.45) is 0 Å². The molecule has 0 saturated heterocycles. The largest absolute Gasteiger partial charge is 0.507 e. The molecule has 1 rings (SSSR count). The number of carboxylic acids is 3. The van der Waals surface area contributed by atoms with E-state index in [9.17, 15) is 24.3 Å². The van der Waals surface area contributed by atoms with Crippen molar-refractivity contribution < 1.29 is 44.7 Å². The van der Waals surface area contributed by atoms with Gasteiger partial charge in [0.15, 0.2) is 5.60 Å². The molecule has 1 amide bonds. The van der Waals surface area contributed by atoms with Gasteiger partial charge in [0.05, 0.1) is 18.4 Å². The quantitative estimate of drug-likeness (QED) is 0.275. The highest BCUT2D eigenvalue weighted by Crippen LogP contribution is 2.21. The van der Waals surface area contributed by atoms with Gasteiger partial charge in [0.2, 0.25) is 0 Å². The summed E-state index contributed by atoms with van der Waals surface area (Å²) in [6, 6.07) is 4.43. The Morgan fingerprint density at radius 1 is 1.03 bits per heavy atom. The fourth-order valence-electron chi connectivity index (χ4n) is 2.37. The average molecular weight is 463 g/mol. The molecule has 0 spiro atoms. The molecule has 12 heteroatoms. The number of nitrogens with one attached hydrogen (secondary N) is 1. The third-order valence-electron chi connectivity index (χ3n) is 4.10. The van der Waals surface area contributed by atoms with E-state index in [0.29, 0.717) is 11.6 Å². The van der Waals surface area contributed by atoms with Crippen LogP contribution in [0.4, 0.5) is 0 Å². The van der Waals surface area contributed by atoms with Gasteiger partial charge in [-0.1, -0.05) is 25.4 Å². The van der Waals surface area contributed by atoms with Gasteiger partial charge in [-0.25, -0.2) is 4.79 Å². The van der Waals surface area contributed by atoms with Crippen molar-refractivity contribution in [2.75, 3.05) is 26.2 Å². The Kier molecular flexibility index (Phi) is 12.2. The molecule has 174 valence electrons. The highest BCUT2D eigenvalue weighted by atomic mass is 35.5. The molecule has 11 nitrogen and oxygen atoms in total. The number of likely N-dealkylation sites (N-methyl/N-ethyl adjacent to an activating group) is 1. The lowest BCUT2D eigenvalue weighted by atomic mass is 9.96. The van der Waals surface area contributed by atoms with Crippen LogP contribution in [-0.4, -0.2) is 86.0 Å². The maximum atomic E-state index is 11.8. The van der Waals surface area contributed by atoms with Gasteiger partial charge >= 0.3 is 17.9 Å². The number of halogens is 1. The van der Waals surface area contributed by atoms with Crippen LogP contribution in [0.15, 0.2) is 18.2 Å². The first-order chi connectivity index (χ1) is 14.4. The molecule has 31 heavy (non-hydrogen) atoms. The number of rotatable bonds is 11. The van der Waals surface area contributed by atoms with Crippen LogP contribution in [0.25, 0.3) is 0 Å². The fraction of sp³-hybridized carbons (Fsp3) is 0.474. The molecular weight excluding hydrogens is 436 g/mol. The molecule has 1 aromatic rings. The number of phenolic OH excluding ortho intramolecular Hbond substituents is 1. The third-order valence-corrected chi connectivity index (χ3v) is 4.33. The van der Waals surface area contributed by atoms with E-state index in [2.05, 4.69) is 24.1 Å². The number of aromatic hydroxyl groups is 1. The molecule has 0 aromatic heterocycles. The molecule has 1 aromatic carbocycles. The number of carbonyl (C=O) groups excluding carboxylic acids is 1. The Morgan fingerprint density at radius 2 is 1.55 bits per heavy atom. The number of carbonyl (C=O) groups is 4. The van der Waals surface area contributed by atoms with Crippen LogP contribution in [-0.2, 0) is 14.4 Å². The second-order valence-electron chi connectivity index (χ2n) is 6.42. The van der Waals surface area contributed by atoms with Gasteiger partial charge in [0, 0.05) is 18.1 Å². The van der Waals surface area contributed by atoms with Crippen molar-refractivity contribution in [1.82, 2.24) is 10.2 Å². The van der Waals surface area contributed by atoms with Gasteiger partial charge in [-0.2, -0.15) is 0 Å². The molecule has 0 aliphatic carbocycles. The number of nitrogens with zero attached hydrogens (tertiary/aromatic N) is 1. The first kappa shape index (κ1) is 28.1. The number of aliphatic carboxylic acids is 3. The first-order valence-electron chi connectivity index (χ1n) is 9.24. The van der Waals surface area contributed by atoms with E-state index in [4.69, 9.17) is 32.0 Å². The third kappa shape index (κ3) is 10.6. The minimum atomic E-state index is -2.74. The Balaban J connectivity index is 0.000000615. The Labute approximate surface area is 183 Å². The fourth-order valence-corrected chi connectivity index (χ4v) is 2.54. The van der Waals surface area contributed by atoms with Crippen molar-refractivity contribution in [2.45, 2.75) is 32.3 Å². The highest BCUT2D eigenvalue weighted by molar-refractivity contribution is 6.31. The zero-order chi connectivity index (χ0) is 24.2. The molecule has 0 unspecified atom stereocenters. The van der Waals surface area contributed by atoms with Crippen LogP contribution in [0.1, 0.15) is 37.0 Å². The summed E-state index contributed by atoms with van der Waals surface area (Å²) in [4.78, 5) is 44.5. The summed E-state index contributed by atoms with van der Waals surface area (Å²) in [7, 11) is 0. The van der Waals surface area contributed by atoms with E-state index < -0.39 is 36.4 Å². The summed E-state index contributed by atoms with van der Waals surface area (Å²) < 4.78 is 0. The molecule has 0 radical (unpaired) electrons.